The third kappa shape index (κ3) is 12.5. The zero-order chi connectivity index (χ0) is 56.2. The minimum absolute atomic E-state index is 0. The molecule has 3 N–H and O–H groups in total. The van der Waals surface area contributed by atoms with Crippen LogP contribution in [0.1, 0.15) is 57.7 Å². The number of halogens is 2. The van der Waals surface area contributed by atoms with Crippen LogP contribution >= 0.6 is 0 Å². The highest BCUT2D eigenvalue weighted by Crippen LogP contribution is 2.36. The minimum atomic E-state index is -1.14. The number of amides is 4. The van der Waals surface area contributed by atoms with Crippen molar-refractivity contribution in [2.75, 3.05) is 74.4 Å². The number of piperazine rings is 1. The number of terminal acetylenes is 2. The molecule has 4 aliphatic rings. The molecule has 2 unspecified atom stereocenters. The predicted molar refractivity (Wildman–Crippen MR) is 310 cm³/mol. The van der Waals surface area contributed by atoms with Gasteiger partial charge in [-0.3, -0.25) is 29.4 Å². The van der Waals surface area contributed by atoms with E-state index in [1.54, 1.807) is 69.6 Å². The molecule has 2 aromatic heterocycles. The van der Waals surface area contributed by atoms with Crippen molar-refractivity contribution >= 4 is 57.5 Å². The second kappa shape index (κ2) is 23.6. The number of ether oxygens (including phenoxy) is 1. The monoisotopic (exact) mass is 1090 g/mol. The van der Waals surface area contributed by atoms with Gasteiger partial charge >= 0.3 is 6.09 Å². The zero-order valence-electron chi connectivity index (χ0n) is 44.6. The smallest absolute Gasteiger partial charge is 0.410 e. The number of carbonyl (C=O) groups is 4. The van der Waals surface area contributed by atoms with E-state index in [-0.39, 0.29) is 49.9 Å². The zero-order valence-corrected chi connectivity index (χ0v) is 44.6. The third-order valence-corrected chi connectivity index (χ3v) is 14.8. The Labute approximate surface area is 470 Å². The lowest BCUT2D eigenvalue weighted by Gasteiger charge is -2.37. The van der Waals surface area contributed by atoms with Crippen LogP contribution in [-0.4, -0.2) is 129 Å². The highest BCUT2D eigenvalue weighted by Gasteiger charge is 2.46. The van der Waals surface area contributed by atoms with Crippen molar-refractivity contribution in [2.45, 2.75) is 53.2 Å². The number of hydrogen-bond acceptors (Lipinski definition) is 11. The van der Waals surface area contributed by atoms with E-state index in [0.717, 1.165) is 63.2 Å². The summed E-state index contributed by atoms with van der Waals surface area (Å²) in [5.74, 6) is 4.84. The Morgan fingerprint density at radius 2 is 1.30 bits per heavy atom. The number of hydrogen-bond donors (Lipinski definition) is 3. The highest BCUT2D eigenvalue weighted by molar-refractivity contribution is 6.16. The molecule has 81 heavy (non-hydrogen) atoms. The van der Waals surface area contributed by atoms with Gasteiger partial charge in [0.1, 0.15) is 28.1 Å². The van der Waals surface area contributed by atoms with Gasteiger partial charge in [0.15, 0.2) is 5.82 Å². The summed E-state index contributed by atoms with van der Waals surface area (Å²) in [7, 11) is 0. The van der Waals surface area contributed by atoms with Crippen LogP contribution in [0.5, 0.6) is 0 Å². The first-order valence-corrected chi connectivity index (χ1v) is 26.4. The number of carbonyl (C=O) groups excluding carboxylic acids is 4. The van der Waals surface area contributed by atoms with Crippen LogP contribution in [-0.2, 0) is 25.7 Å². The number of H-pyrrole nitrogens is 1. The van der Waals surface area contributed by atoms with E-state index < -0.39 is 22.5 Å². The standard InChI is InChI=1S/C36H33FN8O2.C26H26FN3O3.CH4/c1-2-36(35(47)40-28-10-13-31-30(22-28)33(42-41-31)25-4-8-27(37)9-5-25)14-17-43(24-36)23-32(46)45-20-18-44(19-21-45)29-11-6-26(7-12-29)34-38-15-3-16-39-34;1-5-26(12-13-30(16-26)24(32)33-25(2,3)4)23(31)29-20-11-8-18-15-28-22(21(18)14-20)17-6-9-19(27)10-7-17;/h1,3-13,15-16,22H,14,17-21,23-24H2,(H,40,47)(H,41,42);1,6-11,14H,12-13,15-16H2,2-4H3,(H,29,31);1H4. The van der Waals surface area contributed by atoms with E-state index in [1.165, 1.54) is 29.2 Å². The van der Waals surface area contributed by atoms with Gasteiger partial charge in [-0.05, 0) is 148 Å². The fourth-order valence-corrected chi connectivity index (χ4v) is 10.4. The van der Waals surface area contributed by atoms with Crippen molar-refractivity contribution in [3.63, 3.8) is 0 Å². The molecule has 5 aromatic carbocycles. The van der Waals surface area contributed by atoms with Gasteiger partial charge in [0.2, 0.25) is 17.7 Å². The molecule has 6 heterocycles. The van der Waals surface area contributed by atoms with Crippen molar-refractivity contribution < 1.29 is 32.7 Å². The van der Waals surface area contributed by atoms with Gasteiger partial charge in [-0.15, -0.1) is 12.8 Å². The molecule has 2 atom stereocenters. The third-order valence-electron chi connectivity index (χ3n) is 14.8. The van der Waals surface area contributed by atoms with Gasteiger partial charge in [0.05, 0.1) is 30.0 Å². The molecule has 11 rings (SSSR count). The quantitative estimate of drug-likeness (QED) is 0.112. The Morgan fingerprint density at radius 1 is 0.704 bits per heavy atom. The number of nitrogens with one attached hydrogen (secondary N) is 3. The van der Waals surface area contributed by atoms with Crippen molar-refractivity contribution in [2.24, 2.45) is 15.8 Å². The maximum Gasteiger partial charge on any atom is 0.410 e. The Hall–Kier alpha value is -9.26. The van der Waals surface area contributed by atoms with E-state index in [4.69, 9.17) is 17.6 Å². The summed E-state index contributed by atoms with van der Waals surface area (Å²) in [6.45, 7) is 10.1. The van der Waals surface area contributed by atoms with E-state index >= 15 is 0 Å². The Morgan fingerprint density at radius 3 is 1.94 bits per heavy atom. The maximum atomic E-state index is 13.6. The molecule has 3 saturated heterocycles. The number of fused-ring (bicyclic) bond motifs is 2. The summed E-state index contributed by atoms with van der Waals surface area (Å²) in [4.78, 5) is 73.3. The predicted octanol–water partition coefficient (Wildman–Crippen LogP) is 9.45. The molecule has 7 aromatic rings. The molecule has 0 spiro atoms. The Balaban J connectivity index is 0.000000205. The van der Waals surface area contributed by atoms with Crippen LogP contribution in [0.4, 0.5) is 30.6 Å². The number of likely N-dealkylation sites (tertiary alicyclic amines) is 2. The number of aromatic amines is 1. The molecule has 4 aliphatic heterocycles. The molecular formula is C63H63F2N11O5. The number of nitrogens with zero attached hydrogens (tertiary/aromatic N) is 8. The van der Waals surface area contributed by atoms with Gasteiger partial charge in [-0.25, -0.2) is 23.5 Å². The normalized spacial score (nSPS) is 18.6. The SMILES string of the molecule is C.C#CC1(C(=O)Nc2ccc3[nH]nc(-c4ccc(F)cc4)c3c2)CCN(CC(=O)N2CCN(c3ccc(-c4ncccn4)cc3)CC2)C1.C#CC1(C(=O)Nc2ccc3c(c2)C(c2ccc(F)cc2)=NC3)CCN(C(=O)OC(C)(C)C)C1. The Kier molecular flexibility index (Phi) is 16.5. The fraction of sp³-hybridized carbons (Fsp3) is 0.302. The molecule has 0 saturated carbocycles. The largest absolute Gasteiger partial charge is 0.444 e. The second-order valence-corrected chi connectivity index (χ2v) is 21.3. The first-order valence-electron chi connectivity index (χ1n) is 26.4. The topological polar surface area (TPSA) is 181 Å². The summed E-state index contributed by atoms with van der Waals surface area (Å²) < 4.78 is 32.2. The number of benzene rings is 5. The molecule has 18 heteroatoms. The van der Waals surface area contributed by atoms with Gasteiger partial charge in [0, 0.05) is 109 Å². The van der Waals surface area contributed by atoms with E-state index in [0.29, 0.717) is 75.0 Å². The maximum absolute atomic E-state index is 13.6. The summed E-state index contributed by atoms with van der Waals surface area (Å²) in [6.07, 6.45) is 15.5. The fourth-order valence-electron chi connectivity index (χ4n) is 10.4. The molecule has 16 nitrogen and oxygen atoms in total. The van der Waals surface area contributed by atoms with Crippen molar-refractivity contribution in [3.8, 4) is 47.3 Å². The molecule has 414 valence electrons. The van der Waals surface area contributed by atoms with Crippen molar-refractivity contribution in [1.29, 1.82) is 0 Å². The highest BCUT2D eigenvalue weighted by atomic mass is 19.1. The van der Waals surface area contributed by atoms with E-state index in [1.807, 2.05) is 52.3 Å². The van der Waals surface area contributed by atoms with E-state index in [9.17, 15) is 28.0 Å². The average Bonchev–Trinajstić information content (AvgIpc) is 4.31. The molecule has 3 fully saturated rings. The molecular weight excluding hydrogens is 1030 g/mol. The molecule has 4 amide bonds. The molecule has 0 bridgehead atoms. The van der Waals surface area contributed by atoms with Crippen LogP contribution in [0.3, 0.4) is 0 Å². The molecule has 0 aliphatic carbocycles. The summed E-state index contributed by atoms with van der Waals surface area (Å²) in [6, 6.07) is 33.3. The first-order chi connectivity index (χ1) is 38.5. The van der Waals surface area contributed by atoms with Crippen molar-refractivity contribution in [3.05, 3.63) is 156 Å². The number of rotatable bonds is 10. The number of aromatic nitrogens is 4. The lowest BCUT2D eigenvalue weighted by molar-refractivity contribution is -0.133. The second-order valence-electron chi connectivity index (χ2n) is 21.3. The lowest BCUT2D eigenvalue weighted by Crippen LogP contribution is -2.51. The minimum Gasteiger partial charge on any atom is -0.444 e. The number of anilines is 3. The van der Waals surface area contributed by atoms with Gasteiger partial charge < -0.3 is 30.1 Å². The Bertz CT molecular complexity index is 3580. The summed E-state index contributed by atoms with van der Waals surface area (Å²) >= 11 is 0. The summed E-state index contributed by atoms with van der Waals surface area (Å²) in [5, 5.41) is 14.1. The van der Waals surface area contributed by atoms with Gasteiger partial charge in [0.25, 0.3) is 0 Å². The van der Waals surface area contributed by atoms with E-state index in [2.05, 4.69) is 64.7 Å². The lowest BCUT2D eigenvalue weighted by atomic mass is 9.87. The van der Waals surface area contributed by atoms with Crippen LogP contribution in [0, 0.1) is 47.2 Å². The number of aliphatic imine (C=N–C) groups is 1. The van der Waals surface area contributed by atoms with Crippen LogP contribution in [0.2, 0.25) is 0 Å². The average molecular weight is 1090 g/mol. The molecule has 0 radical (unpaired) electrons. The van der Waals surface area contributed by atoms with Crippen LogP contribution < -0.4 is 15.5 Å². The van der Waals surface area contributed by atoms with Gasteiger partial charge in [-0.2, -0.15) is 5.10 Å². The summed E-state index contributed by atoms with van der Waals surface area (Å²) in [5.41, 5.74) is 6.07. The van der Waals surface area contributed by atoms with Crippen LogP contribution in [0.15, 0.2) is 133 Å². The van der Waals surface area contributed by atoms with Gasteiger partial charge in [-0.1, -0.05) is 25.3 Å². The first kappa shape index (κ1) is 56.5. The van der Waals surface area contributed by atoms with Crippen LogP contribution in [0.25, 0.3) is 33.5 Å². The van der Waals surface area contributed by atoms with Crippen molar-refractivity contribution in [1.82, 2.24) is 34.9 Å².